The molecule has 0 N–H and O–H groups in total. The van der Waals surface area contributed by atoms with E-state index in [2.05, 4.69) is 4.74 Å². The molecule has 0 spiro atoms. The van der Waals surface area contributed by atoms with Crippen molar-refractivity contribution in [2.24, 2.45) is 0 Å². The normalized spacial score (nSPS) is 23.3. The summed E-state index contributed by atoms with van der Waals surface area (Å²) in [6.07, 6.45) is -10.1. The van der Waals surface area contributed by atoms with Crippen LogP contribution in [0.4, 0.5) is 10.5 Å². The largest absolute Gasteiger partial charge is 0.516 e. The Kier molecular flexibility index (Phi) is 9.04. The van der Waals surface area contributed by atoms with Gasteiger partial charge in [-0.1, -0.05) is 0 Å². The Hall–Kier alpha value is -4.27. The summed E-state index contributed by atoms with van der Waals surface area (Å²) in [6.45, 7) is 2.99. The predicted octanol–water partition coefficient (Wildman–Crippen LogP) is 0.803. The average molecular weight is 499 g/mol. The number of nitro groups is 1. The topological polar surface area (TPSA) is 193 Å². The molecule has 15 heteroatoms. The molecule has 35 heavy (non-hydrogen) atoms. The Balaban J connectivity index is 2.36. The second-order valence-corrected chi connectivity index (χ2v) is 6.89. The summed E-state index contributed by atoms with van der Waals surface area (Å²) in [5.41, 5.74) is -0.266. The molecule has 0 radical (unpaired) electrons. The highest BCUT2D eigenvalue weighted by molar-refractivity contribution is 5.77. The van der Waals surface area contributed by atoms with Crippen molar-refractivity contribution in [2.75, 3.05) is 7.11 Å². The highest BCUT2D eigenvalue weighted by atomic mass is 16.8. The SMILES string of the molecule is COC(=O)[C@H]1O[C@@H](OC(=O)Oc2ccc([N+](=O)[O-])cc2)[C@H](OC(C)=O)[C@@H](OC(C)=O)[C@H]1OC(C)=O. The van der Waals surface area contributed by atoms with E-state index in [0.717, 1.165) is 52.1 Å². The number of benzene rings is 1. The van der Waals surface area contributed by atoms with E-state index in [4.69, 9.17) is 28.4 Å². The number of nitrogens with zero attached hydrogens (tertiary/aromatic N) is 1. The molecule has 0 unspecified atom stereocenters. The number of rotatable bonds is 7. The lowest BCUT2D eigenvalue weighted by atomic mass is 9.97. The fraction of sp³-hybridized carbons (Fsp3) is 0.450. The molecular formula is C20H21NO14. The average Bonchev–Trinajstić information content (AvgIpc) is 2.76. The van der Waals surface area contributed by atoms with Crippen molar-refractivity contribution in [1.82, 2.24) is 0 Å². The molecule has 0 bridgehead atoms. The van der Waals surface area contributed by atoms with Crippen LogP contribution in [0.2, 0.25) is 0 Å². The van der Waals surface area contributed by atoms with E-state index in [-0.39, 0.29) is 11.4 Å². The third kappa shape index (κ3) is 7.36. The Morgan fingerprint density at radius 3 is 1.83 bits per heavy atom. The Labute approximate surface area is 197 Å². The van der Waals surface area contributed by atoms with Crippen molar-refractivity contribution in [3.63, 3.8) is 0 Å². The summed E-state index contributed by atoms with van der Waals surface area (Å²) in [7, 11) is 0.994. The maximum Gasteiger partial charge on any atom is 0.516 e. The number of hydrogen-bond donors (Lipinski definition) is 0. The number of nitro benzene ring substituents is 1. The molecule has 1 heterocycles. The molecule has 1 aliphatic heterocycles. The van der Waals surface area contributed by atoms with Crippen molar-refractivity contribution in [3.05, 3.63) is 34.4 Å². The molecule has 0 aliphatic carbocycles. The fourth-order valence-electron chi connectivity index (χ4n) is 3.03. The molecular weight excluding hydrogens is 478 g/mol. The van der Waals surface area contributed by atoms with Crippen LogP contribution in [0, 0.1) is 10.1 Å². The first-order valence-electron chi connectivity index (χ1n) is 9.80. The molecule has 2 rings (SSSR count). The van der Waals surface area contributed by atoms with Gasteiger partial charge in [0, 0.05) is 32.9 Å². The molecule has 5 atom stereocenters. The molecule has 0 saturated carbocycles. The van der Waals surface area contributed by atoms with Gasteiger partial charge in [0.05, 0.1) is 12.0 Å². The van der Waals surface area contributed by atoms with Gasteiger partial charge in [-0.2, -0.15) is 0 Å². The monoisotopic (exact) mass is 499 g/mol. The van der Waals surface area contributed by atoms with Crippen LogP contribution in [0.25, 0.3) is 0 Å². The Morgan fingerprint density at radius 1 is 0.829 bits per heavy atom. The maximum absolute atomic E-state index is 12.4. The van der Waals surface area contributed by atoms with Gasteiger partial charge in [-0.15, -0.1) is 0 Å². The molecule has 1 saturated heterocycles. The number of non-ortho nitro benzene ring substituents is 1. The standard InChI is InChI=1S/C20H21NO14/c1-9(22)30-14-15(31-10(2)23)17(32-11(3)24)19(34-16(14)18(25)29-4)35-20(26)33-13-7-5-12(6-8-13)21(27)28/h5-8,14-17,19H,1-4H3/t14-,15+,16+,17-,19+/m1/s1. The zero-order valence-electron chi connectivity index (χ0n) is 18.9. The number of carbonyl (C=O) groups excluding carboxylic acids is 5. The Morgan fingerprint density at radius 2 is 1.34 bits per heavy atom. The smallest absolute Gasteiger partial charge is 0.467 e. The van der Waals surface area contributed by atoms with E-state index in [1.54, 1.807) is 0 Å². The van der Waals surface area contributed by atoms with Crippen LogP contribution in [0.3, 0.4) is 0 Å². The zero-order chi connectivity index (χ0) is 26.3. The quantitative estimate of drug-likeness (QED) is 0.168. The molecule has 190 valence electrons. The van der Waals surface area contributed by atoms with Gasteiger partial charge in [0.1, 0.15) is 5.75 Å². The lowest BCUT2D eigenvalue weighted by molar-refractivity contribution is -0.384. The third-order valence-electron chi connectivity index (χ3n) is 4.30. The van der Waals surface area contributed by atoms with E-state index >= 15 is 0 Å². The summed E-state index contributed by atoms with van der Waals surface area (Å²) in [5, 5.41) is 10.7. The van der Waals surface area contributed by atoms with Crippen LogP contribution in [0.5, 0.6) is 5.75 Å². The van der Waals surface area contributed by atoms with Crippen molar-refractivity contribution < 1.29 is 62.1 Å². The lowest BCUT2D eigenvalue weighted by Crippen LogP contribution is -2.64. The molecule has 1 aliphatic rings. The minimum atomic E-state index is -1.90. The third-order valence-corrected chi connectivity index (χ3v) is 4.30. The first-order chi connectivity index (χ1) is 16.4. The van der Waals surface area contributed by atoms with Gasteiger partial charge in [0.2, 0.25) is 12.4 Å². The maximum atomic E-state index is 12.4. The fourth-order valence-corrected chi connectivity index (χ4v) is 3.03. The summed E-state index contributed by atoms with van der Waals surface area (Å²) in [4.78, 5) is 69.8. The van der Waals surface area contributed by atoms with Gasteiger partial charge in [-0.25, -0.2) is 9.59 Å². The van der Waals surface area contributed by atoms with E-state index < -0.39 is 65.7 Å². The highest BCUT2D eigenvalue weighted by Crippen LogP contribution is 2.30. The minimum Gasteiger partial charge on any atom is -0.467 e. The summed E-state index contributed by atoms with van der Waals surface area (Å²) in [5.74, 6) is -3.98. The second-order valence-electron chi connectivity index (χ2n) is 6.89. The van der Waals surface area contributed by atoms with Gasteiger partial charge in [0.25, 0.3) is 5.69 Å². The van der Waals surface area contributed by atoms with E-state index in [1.165, 1.54) is 0 Å². The molecule has 0 aromatic heterocycles. The minimum absolute atomic E-state index is 0.153. The van der Waals surface area contributed by atoms with Gasteiger partial charge in [-0.3, -0.25) is 24.5 Å². The first-order valence-corrected chi connectivity index (χ1v) is 9.80. The highest BCUT2D eigenvalue weighted by Gasteiger charge is 2.56. The molecule has 1 aromatic rings. The van der Waals surface area contributed by atoms with E-state index in [9.17, 15) is 34.1 Å². The van der Waals surface area contributed by atoms with Crippen molar-refractivity contribution in [2.45, 2.75) is 51.5 Å². The van der Waals surface area contributed by atoms with E-state index in [1.807, 2.05) is 0 Å². The summed E-state index contributed by atoms with van der Waals surface area (Å²) >= 11 is 0. The molecule has 15 nitrogen and oxygen atoms in total. The molecule has 1 fully saturated rings. The second kappa shape index (κ2) is 11.7. The Bertz CT molecular complexity index is 990. The zero-order valence-corrected chi connectivity index (χ0v) is 18.9. The van der Waals surface area contributed by atoms with E-state index in [0.29, 0.717) is 0 Å². The van der Waals surface area contributed by atoms with Crippen LogP contribution in [-0.2, 0) is 47.6 Å². The van der Waals surface area contributed by atoms with Crippen LogP contribution >= 0.6 is 0 Å². The predicted molar refractivity (Wildman–Crippen MR) is 108 cm³/mol. The van der Waals surface area contributed by atoms with Crippen molar-refractivity contribution in [1.29, 1.82) is 0 Å². The number of esters is 4. The van der Waals surface area contributed by atoms with Crippen LogP contribution in [-0.4, -0.2) is 72.8 Å². The summed E-state index contributed by atoms with van der Waals surface area (Å²) in [6, 6.07) is 4.35. The number of ether oxygens (including phenoxy) is 7. The summed E-state index contributed by atoms with van der Waals surface area (Å²) < 4.78 is 35.3. The molecule has 1 aromatic carbocycles. The number of methoxy groups -OCH3 is 1. The van der Waals surface area contributed by atoms with Crippen molar-refractivity contribution in [3.8, 4) is 5.75 Å². The first kappa shape index (κ1) is 27.0. The van der Waals surface area contributed by atoms with Gasteiger partial charge in [-0.05, 0) is 12.1 Å². The van der Waals surface area contributed by atoms with Crippen molar-refractivity contribution >= 4 is 35.7 Å². The van der Waals surface area contributed by atoms with Crippen LogP contribution in [0.15, 0.2) is 24.3 Å². The number of hydrogen-bond acceptors (Lipinski definition) is 14. The van der Waals surface area contributed by atoms with Crippen LogP contribution in [0.1, 0.15) is 20.8 Å². The van der Waals surface area contributed by atoms with Gasteiger partial charge >= 0.3 is 30.0 Å². The van der Waals surface area contributed by atoms with Gasteiger partial charge in [0.15, 0.2) is 18.3 Å². The molecule has 0 amide bonds. The van der Waals surface area contributed by atoms with Crippen LogP contribution < -0.4 is 4.74 Å². The van der Waals surface area contributed by atoms with Gasteiger partial charge < -0.3 is 33.2 Å². The lowest BCUT2D eigenvalue weighted by Gasteiger charge is -2.42. The number of carbonyl (C=O) groups is 5.